The van der Waals surface area contributed by atoms with Gasteiger partial charge < -0.3 is 14.2 Å². The predicted molar refractivity (Wildman–Crippen MR) is 158 cm³/mol. The Morgan fingerprint density at radius 2 is 1.23 bits per heavy atom. The van der Waals surface area contributed by atoms with Gasteiger partial charge in [0.1, 0.15) is 30.0 Å². The van der Waals surface area contributed by atoms with Gasteiger partial charge >= 0.3 is 0 Å². The number of benzene rings is 4. The van der Waals surface area contributed by atoms with Gasteiger partial charge in [0.2, 0.25) is 5.88 Å². The summed E-state index contributed by atoms with van der Waals surface area (Å²) in [6, 6.07) is 24.0. The molecular formula is C33H25F4NO3S2. The van der Waals surface area contributed by atoms with Crippen LogP contribution in [0.2, 0.25) is 0 Å². The summed E-state index contributed by atoms with van der Waals surface area (Å²) in [7, 11) is 0. The topological polar surface area (TPSA) is 40.6 Å². The Labute approximate surface area is 255 Å². The summed E-state index contributed by atoms with van der Waals surface area (Å²) in [5, 5.41) is 0. The standard InChI is InChI=1S/C33H25F4NO3S2/c1-20-15-26(34)27(35)16-30(20)43-32-18-29(37)28(36)17-31(32)42-25-12-10-24(11-13-25)41-23-8-6-22(7-9-23)39-19-21(2)40-33-5-3-4-14-38-33/h3-18,21H,19H2,1-2H3. The molecule has 0 amide bonds. The molecule has 0 spiro atoms. The van der Waals surface area contributed by atoms with E-state index in [1.165, 1.54) is 11.8 Å². The summed E-state index contributed by atoms with van der Waals surface area (Å²) in [5.74, 6) is -1.63. The molecule has 1 atom stereocenters. The van der Waals surface area contributed by atoms with Gasteiger partial charge in [-0.15, -0.1) is 0 Å². The quantitative estimate of drug-likeness (QED) is 0.136. The molecule has 0 aliphatic carbocycles. The highest BCUT2D eigenvalue weighted by Gasteiger charge is 2.16. The summed E-state index contributed by atoms with van der Waals surface area (Å²) in [5.41, 5.74) is 0.481. The first-order valence-corrected chi connectivity index (χ1v) is 14.8. The third-order valence-corrected chi connectivity index (χ3v) is 8.39. The van der Waals surface area contributed by atoms with Crippen molar-refractivity contribution in [2.45, 2.75) is 39.5 Å². The first-order chi connectivity index (χ1) is 20.7. The normalized spacial score (nSPS) is 11.7. The molecule has 0 aliphatic rings. The molecule has 1 unspecified atom stereocenters. The van der Waals surface area contributed by atoms with E-state index in [0.717, 1.165) is 40.9 Å². The van der Waals surface area contributed by atoms with Gasteiger partial charge in [0, 0.05) is 31.8 Å². The second-order valence-electron chi connectivity index (χ2n) is 9.40. The number of aryl methyl sites for hydroxylation is 1. The van der Waals surface area contributed by atoms with Gasteiger partial charge in [0.25, 0.3) is 0 Å². The molecule has 0 fully saturated rings. The minimum absolute atomic E-state index is 0.196. The average molecular weight is 624 g/mol. The van der Waals surface area contributed by atoms with E-state index in [4.69, 9.17) is 14.2 Å². The highest BCUT2D eigenvalue weighted by Crippen LogP contribution is 2.41. The van der Waals surface area contributed by atoms with Crippen LogP contribution in [0, 0.1) is 30.2 Å². The smallest absolute Gasteiger partial charge is 0.213 e. The minimum Gasteiger partial charge on any atom is -0.490 e. The molecule has 0 saturated carbocycles. The number of nitrogens with zero attached hydrogens (tertiary/aromatic N) is 1. The van der Waals surface area contributed by atoms with Crippen LogP contribution in [-0.2, 0) is 0 Å². The van der Waals surface area contributed by atoms with Crippen LogP contribution < -0.4 is 14.2 Å². The molecule has 0 saturated heterocycles. The third kappa shape index (κ3) is 8.24. The Morgan fingerprint density at radius 1 is 0.674 bits per heavy atom. The number of rotatable bonds is 11. The minimum atomic E-state index is -1.03. The van der Waals surface area contributed by atoms with Crippen LogP contribution in [0.4, 0.5) is 17.6 Å². The fraction of sp³-hybridized carbons (Fsp3) is 0.121. The van der Waals surface area contributed by atoms with Gasteiger partial charge in [-0.05, 0) is 98.3 Å². The maximum Gasteiger partial charge on any atom is 0.213 e. The Kier molecular flexibility index (Phi) is 9.79. The molecule has 1 aromatic heterocycles. The van der Waals surface area contributed by atoms with Crippen LogP contribution in [0.5, 0.6) is 23.1 Å². The van der Waals surface area contributed by atoms with Crippen molar-refractivity contribution in [2.75, 3.05) is 6.61 Å². The summed E-state index contributed by atoms with van der Waals surface area (Å²) < 4.78 is 73.2. The summed E-state index contributed by atoms with van der Waals surface area (Å²) in [6.45, 7) is 3.86. The second kappa shape index (κ2) is 13.9. The average Bonchev–Trinajstić information content (AvgIpc) is 2.99. The van der Waals surface area contributed by atoms with Crippen LogP contribution in [0.15, 0.2) is 117 Å². The Hall–Kier alpha value is -4.15. The Balaban J connectivity index is 1.20. The number of aromatic nitrogens is 1. The van der Waals surface area contributed by atoms with Gasteiger partial charge in [-0.2, -0.15) is 0 Å². The van der Waals surface area contributed by atoms with Crippen molar-refractivity contribution in [2.24, 2.45) is 0 Å². The first-order valence-electron chi connectivity index (χ1n) is 13.1. The van der Waals surface area contributed by atoms with E-state index in [-0.39, 0.29) is 6.10 Å². The molecular weight excluding hydrogens is 598 g/mol. The molecule has 10 heteroatoms. The summed E-state index contributed by atoms with van der Waals surface area (Å²) >= 11 is 2.25. The van der Waals surface area contributed by atoms with Crippen LogP contribution >= 0.6 is 23.5 Å². The molecule has 0 N–H and O–H groups in total. The van der Waals surface area contributed by atoms with E-state index in [1.54, 1.807) is 67.7 Å². The van der Waals surface area contributed by atoms with Crippen molar-refractivity contribution in [3.8, 4) is 23.1 Å². The zero-order chi connectivity index (χ0) is 30.3. The van der Waals surface area contributed by atoms with E-state index in [0.29, 0.717) is 50.0 Å². The molecule has 0 bridgehead atoms. The number of hydrogen-bond acceptors (Lipinski definition) is 6. The molecule has 5 rings (SSSR count). The zero-order valence-electron chi connectivity index (χ0n) is 23.0. The van der Waals surface area contributed by atoms with Crippen molar-refractivity contribution in [1.82, 2.24) is 4.98 Å². The summed E-state index contributed by atoms with van der Waals surface area (Å²) in [6.07, 6.45) is 1.47. The van der Waals surface area contributed by atoms with E-state index >= 15 is 0 Å². The fourth-order valence-corrected chi connectivity index (χ4v) is 5.88. The molecule has 1 heterocycles. The van der Waals surface area contributed by atoms with E-state index in [2.05, 4.69) is 4.98 Å². The van der Waals surface area contributed by atoms with Crippen LogP contribution in [0.25, 0.3) is 0 Å². The molecule has 0 aliphatic heterocycles. The lowest BCUT2D eigenvalue weighted by molar-refractivity contribution is 0.138. The van der Waals surface area contributed by atoms with E-state index < -0.39 is 23.3 Å². The van der Waals surface area contributed by atoms with Gasteiger partial charge in [-0.1, -0.05) is 29.6 Å². The molecule has 4 aromatic carbocycles. The number of hydrogen-bond donors (Lipinski definition) is 0. The van der Waals surface area contributed by atoms with Crippen molar-refractivity contribution in [3.63, 3.8) is 0 Å². The third-order valence-electron chi connectivity index (χ3n) is 5.98. The summed E-state index contributed by atoms with van der Waals surface area (Å²) in [4.78, 5) is 6.08. The number of pyridine rings is 1. The monoisotopic (exact) mass is 623 g/mol. The first kappa shape index (κ1) is 30.3. The number of ether oxygens (including phenoxy) is 3. The van der Waals surface area contributed by atoms with Gasteiger partial charge in [0.15, 0.2) is 23.3 Å². The molecule has 0 radical (unpaired) electrons. The van der Waals surface area contributed by atoms with E-state index in [9.17, 15) is 17.6 Å². The van der Waals surface area contributed by atoms with Crippen molar-refractivity contribution in [1.29, 1.82) is 0 Å². The lowest BCUT2D eigenvalue weighted by atomic mass is 10.2. The van der Waals surface area contributed by atoms with Crippen molar-refractivity contribution < 1.29 is 31.8 Å². The van der Waals surface area contributed by atoms with Gasteiger partial charge in [-0.25, -0.2) is 22.5 Å². The van der Waals surface area contributed by atoms with Crippen LogP contribution in [0.1, 0.15) is 12.5 Å². The van der Waals surface area contributed by atoms with Crippen molar-refractivity contribution >= 4 is 23.5 Å². The predicted octanol–water partition coefficient (Wildman–Crippen LogP) is 9.89. The zero-order valence-corrected chi connectivity index (χ0v) is 24.7. The van der Waals surface area contributed by atoms with E-state index in [1.807, 2.05) is 19.1 Å². The maximum atomic E-state index is 14.2. The largest absolute Gasteiger partial charge is 0.490 e. The molecule has 220 valence electrons. The SMILES string of the molecule is Cc1cc(F)c(F)cc1Sc1cc(F)c(F)cc1Sc1ccc(Oc2ccc(OCC(C)Oc3ccccn3)cc2)cc1. The Bertz CT molecular complexity index is 1690. The van der Waals surface area contributed by atoms with Gasteiger partial charge in [-0.3, -0.25) is 0 Å². The Morgan fingerprint density at radius 3 is 1.86 bits per heavy atom. The molecule has 5 aromatic rings. The highest BCUT2D eigenvalue weighted by molar-refractivity contribution is 8.02. The molecule has 43 heavy (non-hydrogen) atoms. The van der Waals surface area contributed by atoms with Crippen LogP contribution in [0.3, 0.4) is 0 Å². The van der Waals surface area contributed by atoms with Crippen molar-refractivity contribution in [3.05, 3.63) is 126 Å². The lowest BCUT2D eigenvalue weighted by Crippen LogP contribution is -2.21. The highest BCUT2D eigenvalue weighted by atomic mass is 32.2. The fourth-order valence-electron chi connectivity index (χ4n) is 3.84. The molecule has 4 nitrogen and oxygen atoms in total. The maximum absolute atomic E-state index is 14.2. The number of halogens is 4. The van der Waals surface area contributed by atoms with Gasteiger partial charge in [0.05, 0.1) is 0 Å². The lowest BCUT2D eigenvalue weighted by Gasteiger charge is -2.15. The van der Waals surface area contributed by atoms with Crippen LogP contribution in [-0.4, -0.2) is 17.7 Å². The second-order valence-corrected chi connectivity index (χ2v) is 11.6.